The third-order valence-corrected chi connectivity index (χ3v) is 4.96. The number of carbonyl (C=O) groups excluding carboxylic acids is 2. The number of amides is 2. The van der Waals surface area contributed by atoms with Crippen LogP contribution in [0.15, 0.2) is 42.5 Å². The highest BCUT2D eigenvalue weighted by atomic mass is 35.5. The summed E-state index contributed by atoms with van der Waals surface area (Å²) >= 11 is 6.09. The van der Waals surface area contributed by atoms with Gasteiger partial charge in [0.25, 0.3) is 5.91 Å². The normalized spacial score (nSPS) is 14.2. The Kier molecular flexibility index (Phi) is 6.75. The second-order valence-corrected chi connectivity index (χ2v) is 7.72. The largest absolute Gasteiger partial charge is 0.490 e. The maximum Gasteiger partial charge on any atom is 0.257 e. The molecule has 0 bridgehead atoms. The van der Waals surface area contributed by atoms with Gasteiger partial charge in [-0.05, 0) is 49.7 Å². The number of carbonyl (C=O) groups is 2. The molecule has 0 spiro atoms. The first kappa shape index (κ1) is 21.1. The van der Waals surface area contributed by atoms with Crippen molar-refractivity contribution >= 4 is 23.4 Å². The first-order valence-electron chi connectivity index (χ1n) is 9.61. The van der Waals surface area contributed by atoms with Gasteiger partial charge in [0.15, 0.2) is 0 Å². The van der Waals surface area contributed by atoms with Crippen LogP contribution in [0.1, 0.15) is 29.8 Å². The first-order valence-corrected chi connectivity index (χ1v) is 9.99. The van der Waals surface area contributed by atoms with Gasteiger partial charge in [-0.2, -0.15) is 0 Å². The van der Waals surface area contributed by atoms with Gasteiger partial charge >= 0.3 is 0 Å². The summed E-state index contributed by atoms with van der Waals surface area (Å²) in [4.78, 5) is 29.0. The topological polar surface area (TPSA) is 49.9 Å². The van der Waals surface area contributed by atoms with E-state index in [-0.39, 0.29) is 30.2 Å². The third-order valence-electron chi connectivity index (χ3n) is 4.72. The van der Waals surface area contributed by atoms with E-state index < -0.39 is 0 Å². The van der Waals surface area contributed by atoms with Crippen LogP contribution in [0.4, 0.5) is 4.39 Å². The smallest absolute Gasteiger partial charge is 0.257 e. The van der Waals surface area contributed by atoms with Gasteiger partial charge in [0, 0.05) is 31.2 Å². The maximum absolute atomic E-state index is 13.0. The minimum Gasteiger partial charge on any atom is -0.490 e. The van der Waals surface area contributed by atoms with Gasteiger partial charge in [0.1, 0.15) is 11.6 Å². The summed E-state index contributed by atoms with van der Waals surface area (Å²) in [5.74, 6) is -0.0107. The van der Waals surface area contributed by atoms with Crippen molar-refractivity contribution in [2.45, 2.75) is 26.4 Å². The number of benzene rings is 2. The number of hydrogen-bond acceptors (Lipinski definition) is 3. The van der Waals surface area contributed by atoms with Crippen LogP contribution in [0.25, 0.3) is 0 Å². The average Bonchev–Trinajstić information content (AvgIpc) is 2.70. The molecule has 1 heterocycles. The highest BCUT2D eigenvalue weighted by Crippen LogP contribution is 2.26. The predicted octanol–water partition coefficient (Wildman–Crippen LogP) is 3.79. The molecule has 3 rings (SSSR count). The molecule has 154 valence electrons. The second kappa shape index (κ2) is 9.27. The molecule has 2 aromatic rings. The van der Waals surface area contributed by atoms with Crippen LogP contribution in [0.2, 0.25) is 5.02 Å². The molecule has 0 N–H and O–H groups in total. The van der Waals surface area contributed by atoms with E-state index in [1.807, 2.05) is 13.8 Å². The number of hydrogen-bond donors (Lipinski definition) is 0. The van der Waals surface area contributed by atoms with Gasteiger partial charge in [0.2, 0.25) is 5.91 Å². The van der Waals surface area contributed by atoms with Crippen LogP contribution in [-0.4, -0.2) is 53.9 Å². The fourth-order valence-electron chi connectivity index (χ4n) is 3.24. The monoisotopic (exact) mass is 418 g/mol. The zero-order valence-corrected chi connectivity index (χ0v) is 17.3. The molecule has 1 aliphatic heterocycles. The number of halogens is 2. The van der Waals surface area contributed by atoms with E-state index in [0.717, 1.165) is 5.56 Å². The van der Waals surface area contributed by atoms with Crippen molar-refractivity contribution in [1.82, 2.24) is 9.80 Å². The molecule has 0 atom stereocenters. The van der Waals surface area contributed by atoms with Crippen molar-refractivity contribution in [3.63, 3.8) is 0 Å². The van der Waals surface area contributed by atoms with Gasteiger partial charge in [-0.3, -0.25) is 9.59 Å². The Balaban J connectivity index is 1.61. The Morgan fingerprint density at radius 2 is 1.66 bits per heavy atom. The summed E-state index contributed by atoms with van der Waals surface area (Å²) in [6, 6.07) is 10.9. The van der Waals surface area contributed by atoms with E-state index in [0.29, 0.717) is 42.5 Å². The molecule has 29 heavy (non-hydrogen) atoms. The molecule has 0 saturated carbocycles. The Morgan fingerprint density at radius 1 is 1.03 bits per heavy atom. The van der Waals surface area contributed by atoms with Crippen LogP contribution in [0, 0.1) is 5.82 Å². The van der Waals surface area contributed by atoms with Crippen LogP contribution in [0.5, 0.6) is 5.75 Å². The zero-order valence-electron chi connectivity index (χ0n) is 16.5. The van der Waals surface area contributed by atoms with Gasteiger partial charge in [-0.15, -0.1) is 0 Å². The van der Waals surface area contributed by atoms with E-state index in [4.69, 9.17) is 16.3 Å². The molecule has 1 aliphatic rings. The Morgan fingerprint density at radius 3 is 2.28 bits per heavy atom. The second-order valence-electron chi connectivity index (χ2n) is 7.28. The number of rotatable bonds is 5. The van der Waals surface area contributed by atoms with Gasteiger partial charge < -0.3 is 14.5 Å². The minimum absolute atomic E-state index is 0.0321. The van der Waals surface area contributed by atoms with Crippen molar-refractivity contribution in [3.8, 4) is 5.75 Å². The van der Waals surface area contributed by atoms with Crippen molar-refractivity contribution < 1.29 is 18.7 Å². The lowest BCUT2D eigenvalue weighted by Gasteiger charge is -2.35. The fraction of sp³-hybridized carbons (Fsp3) is 0.364. The molecule has 7 heteroatoms. The van der Waals surface area contributed by atoms with Gasteiger partial charge in [0.05, 0.1) is 18.1 Å². The summed E-state index contributed by atoms with van der Waals surface area (Å²) < 4.78 is 18.8. The van der Waals surface area contributed by atoms with E-state index in [1.54, 1.807) is 40.1 Å². The SMILES string of the molecule is CC(C)Oc1ccc(Cl)cc1C(=O)N1CCN(C(=O)Cc2ccc(F)cc2)CC1. The number of piperazine rings is 1. The molecule has 0 aromatic heterocycles. The predicted molar refractivity (Wildman–Crippen MR) is 110 cm³/mol. The highest BCUT2D eigenvalue weighted by molar-refractivity contribution is 6.31. The standard InChI is InChI=1S/C22H24ClFN2O3/c1-15(2)29-20-8-5-17(23)14-19(20)22(28)26-11-9-25(10-12-26)21(27)13-16-3-6-18(24)7-4-16/h3-8,14-15H,9-13H2,1-2H3. The van der Waals surface area contributed by atoms with Gasteiger partial charge in [-0.1, -0.05) is 23.7 Å². The molecule has 5 nitrogen and oxygen atoms in total. The van der Waals surface area contributed by atoms with Crippen molar-refractivity contribution in [2.75, 3.05) is 26.2 Å². The molecular weight excluding hydrogens is 395 g/mol. The van der Waals surface area contributed by atoms with Crippen molar-refractivity contribution in [1.29, 1.82) is 0 Å². The minimum atomic E-state index is -0.324. The van der Waals surface area contributed by atoms with Crippen molar-refractivity contribution in [2.24, 2.45) is 0 Å². The quantitative estimate of drug-likeness (QED) is 0.742. The fourth-order valence-corrected chi connectivity index (χ4v) is 3.42. The molecular formula is C22H24ClFN2O3. The lowest BCUT2D eigenvalue weighted by Crippen LogP contribution is -2.51. The van der Waals surface area contributed by atoms with Crippen LogP contribution in [0.3, 0.4) is 0 Å². The highest BCUT2D eigenvalue weighted by Gasteiger charge is 2.27. The number of ether oxygens (including phenoxy) is 1. The Hall–Kier alpha value is -2.60. The van der Waals surface area contributed by atoms with E-state index in [1.165, 1.54) is 12.1 Å². The maximum atomic E-state index is 13.0. The summed E-state index contributed by atoms with van der Waals surface area (Å²) in [5.41, 5.74) is 1.20. The van der Waals surface area contributed by atoms with E-state index in [2.05, 4.69) is 0 Å². The summed E-state index contributed by atoms with van der Waals surface area (Å²) in [6.45, 7) is 5.56. The van der Waals surface area contributed by atoms with Crippen LogP contribution >= 0.6 is 11.6 Å². The average molecular weight is 419 g/mol. The molecule has 0 aliphatic carbocycles. The van der Waals surface area contributed by atoms with Gasteiger partial charge in [-0.25, -0.2) is 4.39 Å². The Bertz CT molecular complexity index is 878. The number of nitrogens with zero attached hydrogens (tertiary/aromatic N) is 2. The molecule has 1 fully saturated rings. The molecule has 2 amide bonds. The molecule has 0 unspecified atom stereocenters. The summed E-state index contributed by atoms with van der Waals surface area (Å²) in [7, 11) is 0. The Labute approximate surface area is 175 Å². The van der Waals surface area contributed by atoms with Crippen LogP contribution < -0.4 is 4.74 Å². The third kappa shape index (κ3) is 5.48. The summed E-state index contributed by atoms with van der Waals surface area (Å²) in [6.07, 6.45) is 0.151. The van der Waals surface area contributed by atoms with E-state index in [9.17, 15) is 14.0 Å². The van der Waals surface area contributed by atoms with Crippen LogP contribution in [-0.2, 0) is 11.2 Å². The summed E-state index contributed by atoms with van der Waals surface area (Å²) in [5, 5.41) is 0.470. The van der Waals surface area contributed by atoms with Crippen molar-refractivity contribution in [3.05, 3.63) is 64.4 Å². The molecule has 1 saturated heterocycles. The first-order chi connectivity index (χ1) is 13.8. The van der Waals surface area contributed by atoms with E-state index >= 15 is 0 Å². The molecule has 2 aromatic carbocycles. The lowest BCUT2D eigenvalue weighted by molar-refractivity contribution is -0.131. The lowest BCUT2D eigenvalue weighted by atomic mass is 10.1. The zero-order chi connectivity index (χ0) is 21.0. The molecule has 0 radical (unpaired) electrons.